The number of unbranched alkanes of at least 4 members (excludes halogenated alkanes) is 2. The predicted octanol–water partition coefficient (Wildman–Crippen LogP) is 3.94. The summed E-state index contributed by atoms with van der Waals surface area (Å²) in [6, 6.07) is 16.2. The van der Waals surface area contributed by atoms with Crippen molar-refractivity contribution < 1.29 is 38.6 Å². The van der Waals surface area contributed by atoms with Gasteiger partial charge in [0.05, 0.1) is 19.1 Å². The van der Waals surface area contributed by atoms with Gasteiger partial charge in [0.2, 0.25) is 12.3 Å². The molecule has 0 saturated carbocycles. The quantitative estimate of drug-likeness (QED) is 0.0902. The fourth-order valence-corrected chi connectivity index (χ4v) is 3.94. The van der Waals surface area contributed by atoms with Crippen molar-refractivity contribution in [1.29, 1.82) is 0 Å². The van der Waals surface area contributed by atoms with Crippen LogP contribution in [0.25, 0.3) is 11.3 Å². The minimum absolute atomic E-state index is 0.0462. The molecule has 0 spiro atoms. The number of carboxylic acids is 1. The van der Waals surface area contributed by atoms with Crippen LogP contribution in [0.2, 0.25) is 0 Å². The summed E-state index contributed by atoms with van der Waals surface area (Å²) < 4.78 is 5.55. The number of amides is 3. The number of carboxylic acid groups (broad SMARTS) is 1. The zero-order valence-electron chi connectivity index (χ0n) is 22.2. The molecule has 1 heterocycles. The van der Waals surface area contributed by atoms with Gasteiger partial charge in [-0.2, -0.15) is 0 Å². The molecule has 3 amide bonds. The number of nitrogens with one attached hydrogen (secondary N) is 2. The lowest BCUT2D eigenvalue weighted by Gasteiger charge is -2.23. The molecule has 0 unspecified atom stereocenters. The van der Waals surface area contributed by atoms with Gasteiger partial charge in [0.15, 0.2) is 5.76 Å². The Labute approximate surface area is 231 Å². The van der Waals surface area contributed by atoms with Crippen molar-refractivity contribution >= 4 is 24.2 Å². The zero-order valence-corrected chi connectivity index (χ0v) is 22.2. The first-order chi connectivity index (χ1) is 19.3. The molecule has 0 bridgehead atoms. The molecule has 40 heavy (non-hydrogen) atoms. The van der Waals surface area contributed by atoms with Gasteiger partial charge in [-0.3, -0.25) is 19.2 Å². The molecular formula is C29H33N3O8. The van der Waals surface area contributed by atoms with Gasteiger partial charge in [0, 0.05) is 5.56 Å². The number of carbonyl (C=O) groups is 4. The second-order valence-electron chi connectivity index (χ2n) is 9.08. The monoisotopic (exact) mass is 551 g/mol. The van der Waals surface area contributed by atoms with Crippen LogP contribution in [0, 0.1) is 5.92 Å². The summed E-state index contributed by atoms with van der Waals surface area (Å²) in [6.07, 6.45) is 3.79. The highest BCUT2D eigenvalue weighted by Crippen LogP contribution is 2.27. The minimum atomic E-state index is -1.30. The molecule has 212 valence electrons. The van der Waals surface area contributed by atoms with Crippen LogP contribution in [0.3, 0.4) is 0 Å². The number of phenols is 1. The summed E-state index contributed by atoms with van der Waals surface area (Å²) in [7, 11) is 0. The summed E-state index contributed by atoms with van der Waals surface area (Å²) in [5.74, 6) is -2.97. The van der Waals surface area contributed by atoms with Gasteiger partial charge in [0.25, 0.3) is 5.91 Å². The van der Waals surface area contributed by atoms with Gasteiger partial charge < -0.3 is 25.3 Å². The fraction of sp³-hybridized carbons (Fsp3) is 0.310. The smallest absolute Gasteiger partial charge is 0.339 e. The van der Waals surface area contributed by atoms with Crippen LogP contribution in [0.1, 0.15) is 59.1 Å². The third-order valence-corrected chi connectivity index (χ3v) is 6.14. The standard InChI is InChI=1S/C29H33N3O8/c1-2-3-5-10-22(16-32(19-33)39-17-20-8-6-4-7-9-20)27(35)30-18-31-28(36)26-14-13-25(40-26)21-11-12-24(34)23(15-21)29(37)38/h4,6-9,11-15,19,22,34H,2-3,5,10,16-18H2,1H3,(H,30,35)(H,31,36)(H,37,38)/t22-/m1/s1. The molecule has 0 fully saturated rings. The van der Waals surface area contributed by atoms with E-state index in [1.54, 1.807) is 0 Å². The third kappa shape index (κ3) is 8.70. The number of aromatic hydroxyl groups is 1. The predicted molar refractivity (Wildman–Crippen MR) is 145 cm³/mol. The molecule has 11 heteroatoms. The van der Waals surface area contributed by atoms with E-state index in [1.807, 2.05) is 30.3 Å². The van der Waals surface area contributed by atoms with Crippen LogP contribution in [0.5, 0.6) is 5.75 Å². The van der Waals surface area contributed by atoms with Crippen molar-refractivity contribution in [2.45, 2.75) is 39.2 Å². The molecule has 4 N–H and O–H groups in total. The van der Waals surface area contributed by atoms with Gasteiger partial charge in [-0.1, -0.05) is 56.5 Å². The normalized spacial score (nSPS) is 11.4. The number of carbonyl (C=O) groups excluding carboxylic acids is 3. The molecule has 1 atom stereocenters. The number of furan rings is 1. The van der Waals surface area contributed by atoms with Crippen LogP contribution in [-0.2, 0) is 21.0 Å². The number of aromatic carboxylic acids is 1. The van der Waals surface area contributed by atoms with E-state index in [-0.39, 0.29) is 48.6 Å². The lowest BCUT2D eigenvalue weighted by atomic mass is 10.0. The highest BCUT2D eigenvalue weighted by atomic mass is 16.7. The SMILES string of the molecule is CCCCC[C@H](CN(C=O)OCc1ccccc1)C(=O)NCNC(=O)c1ccc(-c2ccc(O)c(C(=O)O)c2)o1. The zero-order chi connectivity index (χ0) is 28.9. The van der Waals surface area contributed by atoms with Crippen molar-refractivity contribution in [3.05, 3.63) is 77.6 Å². The molecule has 0 aliphatic rings. The van der Waals surface area contributed by atoms with Crippen LogP contribution in [0.15, 0.2) is 65.1 Å². The van der Waals surface area contributed by atoms with E-state index < -0.39 is 17.8 Å². The number of hydrogen-bond acceptors (Lipinski definition) is 7. The molecule has 3 aromatic rings. The average molecular weight is 552 g/mol. The highest BCUT2D eigenvalue weighted by molar-refractivity contribution is 5.93. The van der Waals surface area contributed by atoms with Crippen molar-refractivity contribution in [3.63, 3.8) is 0 Å². The van der Waals surface area contributed by atoms with Crippen molar-refractivity contribution in [3.8, 4) is 17.1 Å². The van der Waals surface area contributed by atoms with Crippen molar-refractivity contribution in [2.24, 2.45) is 5.92 Å². The Morgan fingerprint density at radius 2 is 1.82 bits per heavy atom. The highest BCUT2D eigenvalue weighted by Gasteiger charge is 2.22. The topological polar surface area (TPSA) is 158 Å². The molecule has 0 aliphatic heterocycles. The van der Waals surface area contributed by atoms with Crippen LogP contribution in [-0.4, -0.2) is 52.7 Å². The van der Waals surface area contributed by atoms with Gasteiger partial charge in [-0.15, -0.1) is 0 Å². The second kappa shape index (κ2) is 15.1. The number of rotatable bonds is 16. The van der Waals surface area contributed by atoms with E-state index in [0.717, 1.165) is 29.9 Å². The van der Waals surface area contributed by atoms with E-state index in [0.29, 0.717) is 18.4 Å². The van der Waals surface area contributed by atoms with Crippen LogP contribution >= 0.6 is 0 Å². The van der Waals surface area contributed by atoms with Gasteiger partial charge in [-0.05, 0) is 42.3 Å². The molecule has 0 radical (unpaired) electrons. The van der Waals surface area contributed by atoms with E-state index >= 15 is 0 Å². The number of hydrogen-bond donors (Lipinski definition) is 4. The number of nitrogens with zero attached hydrogens (tertiary/aromatic N) is 1. The molecule has 0 saturated heterocycles. The Kier molecular flexibility index (Phi) is 11.3. The fourth-order valence-electron chi connectivity index (χ4n) is 3.94. The summed E-state index contributed by atoms with van der Waals surface area (Å²) >= 11 is 0. The molecule has 2 aromatic carbocycles. The van der Waals surface area contributed by atoms with E-state index in [1.165, 1.54) is 30.3 Å². The second-order valence-corrected chi connectivity index (χ2v) is 9.08. The Morgan fingerprint density at radius 3 is 2.52 bits per heavy atom. The summed E-state index contributed by atoms with van der Waals surface area (Å²) in [5.41, 5.74) is 0.958. The lowest BCUT2D eigenvalue weighted by molar-refractivity contribution is -0.182. The first-order valence-corrected chi connectivity index (χ1v) is 12.9. The van der Waals surface area contributed by atoms with E-state index in [9.17, 15) is 29.4 Å². The maximum atomic E-state index is 12.9. The molecular weight excluding hydrogens is 518 g/mol. The number of hydroxylamine groups is 2. The Hall–Kier alpha value is -4.64. The van der Waals surface area contributed by atoms with E-state index in [4.69, 9.17) is 9.25 Å². The molecule has 1 aromatic heterocycles. The third-order valence-electron chi connectivity index (χ3n) is 6.14. The van der Waals surface area contributed by atoms with Crippen molar-refractivity contribution in [1.82, 2.24) is 15.7 Å². The average Bonchev–Trinajstić information content (AvgIpc) is 3.45. The first kappa shape index (κ1) is 29.9. The lowest BCUT2D eigenvalue weighted by Crippen LogP contribution is -2.43. The minimum Gasteiger partial charge on any atom is -0.507 e. The summed E-state index contributed by atoms with van der Waals surface area (Å²) in [4.78, 5) is 54.0. The van der Waals surface area contributed by atoms with Crippen LogP contribution < -0.4 is 10.6 Å². The largest absolute Gasteiger partial charge is 0.507 e. The summed E-state index contributed by atoms with van der Waals surface area (Å²) in [6.45, 7) is 2.13. The Morgan fingerprint density at radius 1 is 1.05 bits per heavy atom. The Bertz CT molecular complexity index is 1290. The maximum Gasteiger partial charge on any atom is 0.339 e. The molecule has 0 aliphatic carbocycles. The van der Waals surface area contributed by atoms with Crippen LogP contribution in [0.4, 0.5) is 0 Å². The summed E-state index contributed by atoms with van der Waals surface area (Å²) in [5, 5.41) is 25.2. The molecule has 11 nitrogen and oxygen atoms in total. The maximum absolute atomic E-state index is 12.9. The van der Waals surface area contributed by atoms with Crippen molar-refractivity contribution in [2.75, 3.05) is 13.2 Å². The molecule has 3 rings (SSSR count). The Balaban J connectivity index is 1.55. The van der Waals surface area contributed by atoms with E-state index in [2.05, 4.69) is 17.6 Å². The van der Waals surface area contributed by atoms with Gasteiger partial charge >= 0.3 is 5.97 Å². The first-order valence-electron chi connectivity index (χ1n) is 12.9. The van der Waals surface area contributed by atoms with Gasteiger partial charge in [-0.25, -0.2) is 9.86 Å². The van der Waals surface area contributed by atoms with Gasteiger partial charge in [0.1, 0.15) is 23.7 Å². The number of benzene rings is 2.